The van der Waals surface area contributed by atoms with Crippen LogP contribution in [0.4, 0.5) is 43.9 Å². The third-order valence-electron chi connectivity index (χ3n) is 8.10. The van der Waals surface area contributed by atoms with Gasteiger partial charge in [0.1, 0.15) is 0 Å². The molecule has 0 radical (unpaired) electrons. The van der Waals surface area contributed by atoms with E-state index in [0.717, 1.165) is 36.4 Å². The van der Waals surface area contributed by atoms with Crippen molar-refractivity contribution in [2.75, 3.05) is 0 Å². The Balaban J connectivity index is 1.32. The van der Waals surface area contributed by atoms with E-state index in [0.29, 0.717) is 12.1 Å². The largest absolute Gasteiger partial charge is 0.299 e. The van der Waals surface area contributed by atoms with Gasteiger partial charge in [-0.3, -0.25) is 0 Å². The Labute approximate surface area is 231 Å². The molecule has 3 aliphatic rings. The van der Waals surface area contributed by atoms with Crippen molar-refractivity contribution in [1.29, 1.82) is 0 Å². The quantitative estimate of drug-likeness (QED) is 0.162. The van der Waals surface area contributed by atoms with E-state index in [9.17, 15) is 26.3 Å². The number of halogens is 10. The van der Waals surface area contributed by atoms with Gasteiger partial charge in [0.2, 0.25) is 0 Å². The first kappa shape index (κ1) is 26.6. The van der Waals surface area contributed by atoms with Gasteiger partial charge in [0.05, 0.1) is 0 Å². The number of hydrogen-bond acceptors (Lipinski definition) is 0. The van der Waals surface area contributed by atoms with Gasteiger partial charge in [-0.25, -0.2) is 26.3 Å². The van der Waals surface area contributed by atoms with Crippen molar-refractivity contribution in [1.82, 2.24) is 0 Å². The summed E-state index contributed by atoms with van der Waals surface area (Å²) in [6.07, 6.45) is 2.49. The molecule has 0 aliphatic heterocycles. The molecule has 3 aliphatic carbocycles. The second-order valence-electron chi connectivity index (χ2n) is 10.4. The van der Waals surface area contributed by atoms with Crippen molar-refractivity contribution in [2.24, 2.45) is 0 Å². The molecule has 0 fully saturated rings. The predicted octanol–water partition coefficient (Wildman–Crippen LogP) is 9.91. The molecule has 7 rings (SSSR count). The fraction of sp³-hybridized carbons (Fsp3) is 0.125. The summed E-state index contributed by atoms with van der Waals surface area (Å²) in [5.41, 5.74) is -2.78. The van der Waals surface area contributed by atoms with Gasteiger partial charge in [0.15, 0.2) is 34.9 Å². The van der Waals surface area contributed by atoms with E-state index in [1.165, 1.54) is 18.2 Å². The van der Waals surface area contributed by atoms with Crippen LogP contribution in [0.15, 0.2) is 72.3 Å². The molecule has 0 bridgehead atoms. The highest BCUT2D eigenvalue weighted by molar-refractivity contribution is 5.93. The molecule has 4 aromatic carbocycles. The van der Waals surface area contributed by atoms with Crippen molar-refractivity contribution < 1.29 is 43.9 Å². The summed E-state index contributed by atoms with van der Waals surface area (Å²) in [6, 6.07) is 8.25. The average molecular weight is 588 g/mol. The van der Waals surface area contributed by atoms with Crippen LogP contribution < -0.4 is 0 Å². The van der Waals surface area contributed by atoms with Gasteiger partial charge >= 0.3 is 0 Å². The number of rotatable bonds is 2. The van der Waals surface area contributed by atoms with E-state index >= 15 is 17.6 Å². The van der Waals surface area contributed by atoms with Crippen LogP contribution in [0.25, 0.3) is 27.8 Å². The fourth-order valence-electron chi connectivity index (χ4n) is 6.06. The molecule has 0 amide bonds. The average Bonchev–Trinajstić information content (AvgIpc) is 3.31. The van der Waals surface area contributed by atoms with Crippen LogP contribution in [0, 0.1) is 34.9 Å². The molecule has 0 heterocycles. The first-order valence-corrected chi connectivity index (χ1v) is 12.6. The van der Waals surface area contributed by atoms with Crippen LogP contribution in [0.3, 0.4) is 0 Å². The third-order valence-corrected chi connectivity index (χ3v) is 8.10. The molecule has 0 spiro atoms. The molecule has 0 saturated heterocycles. The van der Waals surface area contributed by atoms with E-state index < -0.39 is 74.9 Å². The number of fused-ring (bicyclic) bond motifs is 6. The van der Waals surface area contributed by atoms with Crippen LogP contribution in [-0.2, 0) is 11.8 Å². The highest BCUT2D eigenvalue weighted by Gasteiger charge is 2.52. The topological polar surface area (TPSA) is 0 Å². The Morgan fingerprint density at radius 1 is 0.548 bits per heavy atom. The van der Waals surface area contributed by atoms with Gasteiger partial charge in [-0.1, -0.05) is 24.3 Å². The first-order chi connectivity index (χ1) is 19.8. The summed E-state index contributed by atoms with van der Waals surface area (Å²) in [7, 11) is 0. The minimum atomic E-state index is -3.67. The van der Waals surface area contributed by atoms with Crippen molar-refractivity contribution in [3.8, 4) is 22.3 Å². The van der Waals surface area contributed by atoms with Gasteiger partial charge in [-0.15, -0.1) is 0 Å². The van der Waals surface area contributed by atoms with E-state index in [1.807, 2.05) is 0 Å². The zero-order valence-corrected chi connectivity index (χ0v) is 20.9. The maximum absolute atomic E-state index is 15.8. The van der Waals surface area contributed by atoms with Crippen molar-refractivity contribution in [3.63, 3.8) is 0 Å². The highest BCUT2D eigenvalue weighted by Crippen LogP contribution is 2.60. The fourth-order valence-corrected chi connectivity index (χ4v) is 6.06. The first-order valence-electron chi connectivity index (χ1n) is 12.6. The number of allylic oxidation sites excluding steroid dienone is 4. The molecule has 4 aromatic rings. The second kappa shape index (κ2) is 8.59. The van der Waals surface area contributed by atoms with E-state index in [-0.39, 0.29) is 45.4 Å². The van der Waals surface area contributed by atoms with Crippen LogP contribution in [0.5, 0.6) is 0 Å². The maximum Gasteiger partial charge on any atom is 0.299 e. The highest BCUT2D eigenvalue weighted by atomic mass is 19.3. The molecular formula is C32H14F10. The minimum absolute atomic E-state index is 0.000712. The van der Waals surface area contributed by atoms with E-state index in [2.05, 4.69) is 0 Å². The van der Waals surface area contributed by atoms with Gasteiger partial charge in [-0.2, -0.15) is 17.6 Å². The molecule has 10 heteroatoms. The van der Waals surface area contributed by atoms with Crippen molar-refractivity contribution in [2.45, 2.75) is 24.2 Å². The van der Waals surface area contributed by atoms with Gasteiger partial charge in [0.25, 0.3) is 11.8 Å². The van der Waals surface area contributed by atoms with E-state index in [1.54, 1.807) is 0 Å². The summed E-state index contributed by atoms with van der Waals surface area (Å²) in [5, 5.41) is 0. The van der Waals surface area contributed by atoms with Crippen LogP contribution in [-0.4, -0.2) is 0 Å². The number of benzene rings is 4. The maximum atomic E-state index is 15.8. The monoisotopic (exact) mass is 588 g/mol. The summed E-state index contributed by atoms with van der Waals surface area (Å²) in [4.78, 5) is 0. The Hall–Kier alpha value is -4.34. The molecular weight excluding hydrogens is 574 g/mol. The lowest BCUT2D eigenvalue weighted by atomic mass is 9.85. The summed E-state index contributed by atoms with van der Waals surface area (Å²) in [6.45, 7) is 0. The lowest BCUT2D eigenvalue weighted by Gasteiger charge is -2.21. The Morgan fingerprint density at radius 3 is 1.74 bits per heavy atom. The van der Waals surface area contributed by atoms with Gasteiger partial charge < -0.3 is 0 Å². The lowest BCUT2D eigenvalue weighted by Crippen LogP contribution is -2.14. The normalized spacial score (nSPS) is 19.0. The standard InChI is InChI=1S/C32H14F10/c33-25-7-15(8-26(34)29(25)37)13-1-3-17-19-11-24-20(12-23(19)31(39,40)21(17)5-13)18-4-2-14(6-22(18)32(24,41)42)16-9-27(35)30(38)28(36)10-16/h1,3-12,14H,2H2. The SMILES string of the molecule is Fc1cc(-c2ccc3c(c2)C(F)(F)c2cc4c(cc2-3)C(F)(F)C2=CC(c3cc(F)c(F)c(F)c3)CC=C24)cc(F)c1F. The summed E-state index contributed by atoms with van der Waals surface area (Å²) >= 11 is 0. The molecule has 0 N–H and O–H groups in total. The van der Waals surface area contributed by atoms with Crippen LogP contribution in [0.2, 0.25) is 0 Å². The molecule has 42 heavy (non-hydrogen) atoms. The smallest absolute Gasteiger partial charge is 0.204 e. The van der Waals surface area contributed by atoms with Crippen molar-refractivity contribution >= 4 is 5.57 Å². The second-order valence-corrected chi connectivity index (χ2v) is 10.4. The molecule has 1 atom stereocenters. The Kier molecular flexibility index (Phi) is 5.43. The summed E-state index contributed by atoms with van der Waals surface area (Å²) < 4.78 is 145. The van der Waals surface area contributed by atoms with Gasteiger partial charge in [0, 0.05) is 28.2 Å². The Morgan fingerprint density at radius 2 is 1.10 bits per heavy atom. The molecule has 1 unspecified atom stereocenters. The predicted molar refractivity (Wildman–Crippen MR) is 134 cm³/mol. The zero-order valence-electron chi connectivity index (χ0n) is 20.9. The van der Waals surface area contributed by atoms with E-state index in [4.69, 9.17) is 0 Å². The Bertz CT molecular complexity index is 1890. The van der Waals surface area contributed by atoms with Crippen LogP contribution in [0.1, 0.15) is 40.2 Å². The van der Waals surface area contributed by atoms with Crippen LogP contribution >= 0.6 is 0 Å². The molecule has 0 aromatic heterocycles. The molecule has 212 valence electrons. The lowest BCUT2D eigenvalue weighted by molar-refractivity contribution is 0.0445. The number of hydrogen-bond donors (Lipinski definition) is 0. The third kappa shape index (κ3) is 3.56. The number of alkyl halides is 4. The summed E-state index contributed by atoms with van der Waals surface area (Å²) in [5.74, 6) is -17.5. The zero-order chi connectivity index (χ0) is 29.9. The van der Waals surface area contributed by atoms with Gasteiger partial charge in [-0.05, 0) is 87.8 Å². The minimum Gasteiger partial charge on any atom is -0.204 e. The van der Waals surface area contributed by atoms with Crippen molar-refractivity contribution in [3.05, 3.63) is 135 Å². The molecule has 0 saturated carbocycles. The molecule has 0 nitrogen and oxygen atoms in total.